The van der Waals surface area contributed by atoms with Crippen LogP contribution in [-0.4, -0.2) is 46.0 Å². The van der Waals surface area contributed by atoms with Gasteiger partial charge in [-0.1, -0.05) is 15.9 Å². The van der Waals surface area contributed by atoms with Crippen molar-refractivity contribution in [2.75, 3.05) is 27.2 Å². The van der Waals surface area contributed by atoms with Crippen LogP contribution in [0.1, 0.15) is 6.42 Å². The van der Waals surface area contributed by atoms with Crippen LogP contribution < -0.4 is 10.1 Å². The van der Waals surface area contributed by atoms with Crippen LogP contribution in [0.5, 0.6) is 5.75 Å². The number of hydrogen-bond acceptors (Lipinski definition) is 4. The average molecular weight is 386 g/mol. The van der Waals surface area contributed by atoms with Gasteiger partial charge in [-0.25, -0.2) is 8.42 Å². The first kappa shape index (κ1) is 17.7. The van der Waals surface area contributed by atoms with E-state index < -0.39 is 10.0 Å². The number of hydrogen-bond donors (Lipinski definition) is 1. The molecule has 1 aliphatic heterocycles. The molecular weight excluding hydrogens is 368 g/mol. The third-order valence-corrected chi connectivity index (χ3v) is 5.76. The van der Waals surface area contributed by atoms with Crippen molar-refractivity contribution in [1.82, 2.24) is 9.62 Å². The predicted octanol–water partition coefficient (Wildman–Crippen LogP) is 1.86. The van der Waals surface area contributed by atoms with Gasteiger partial charge in [0.2, 0.25) is 10.0 Å². The zero-order chi connectivity index (χ0) is 14.0. The minimum Gasteiger partial charge on any atom is -0.495 e. The average Bonchev–Trinajstić information content (AvgIpc) is 2.91. The van der Waals surface area contributed by atoms with E-state index in [1.807, 2.05) is 0 Å². The second-order valence-corrected chi connectivity index (χ2v) is 7.34. The highest BCUT2D eigenvalue weighted by Gasteiger charge is 2.32. The van der Waals surface area contributed by atoms with Crippen LogP contribution in [0.15, 0.2) is 27.6 Å². The van der Waals surface area contributed by atoms with Gasteiger partial charge in [0.05, 0.1) is 7.11 Å². The Morgan fingerprint density at radius 1 is 1.45 bits per heavy atom. The quantitative estimate of drug-likeness (QED) is 0.859. The number of methoxy groups -OCH3 is 1. The van der Waals surface area contributed by atoms with Gasteiger partial charge in [-0.2, -0.15) is 4.31 Å². The SMILES string of the molecule is COc1ccc(Br)cc1S(=O)(=O)N(C)C1CCNC1.Cl. The summed E-state index contributed by atoms with van der Waals surface area (Å²) in [6.07, 6.45) is 0.825. The highest BCUT2D eigenvalue weighted by molar-refractivity contribution is 9.10. The Morgan fingerprint density at radius 3 is 2.70 bits per heavy atom. The fourth-order valence-electron chi connectivity index (χ4n) is 2.15. The van der Waals surface area contributed by atoms with Crippen molar-refractivity contribution in [2.45, 2.75) is 17.4 Å². The molecule has 0 aromatic heterocycles. The Kier molecular flexibility index (Phi) is 6.27. The lowest BCUT2D eigenvalue weighted by Crippen LogP contribution is -2.38. The molecule has 0 spiro atoms. The van der Waals surface area contributed by atoms with E-state index in [1.54, 1.807) is 25.2 Å². The van der Waals surface area contributed by atoms with E-state index in [4.69, 9.17) is 4.74 Å². The maximum Gasteiger partial charge on any atom is 0.246 e. The van der Waals surface area contributed by atoms with E-state index >= 15 is 0 Å². The molecule has 114 valence electrons. The van der Waals surface area contributed by atoms with Crippen molar-refractivity contribution in [1.29, 1.82) is 0 Å². The van der Waals surface area contributed by atoms with E-state index in [1.165, 1.54) is 11.4 Å². The van der Waals surface area contributed by atoms with Gasteiger partial charge < -0.3 is 10.1 Å². The predicted molar refractivity (Wildman–Crippen MR) is 84.2 cm³/mol. The van der Waals surface area contributed by atoms with Gasteiger partial charge in [-0.3, -0.25) is 0 Å². The highest BCUT2D eigenvalue weighted by Crippen LogP contribution is 2.30. The fourth-order valence-corrected chi connectivity index (χ4v) is 4.23. The third kappa shape index (κ3) is 3.46. The number of ether oxygens (including phenoxy) is 1. The molecule has 0 bridgehead atoms. The number of benzene rings is 1. The first-order chi connectivity index (χ1) is 8.96. The zero-order valence-electron chi connectivity index (χ0n) is 11.3. The lowest BCUT2D eigenvalue weighted by atomic mass is 10.3. The molecule has 5 nitrogen and oxygen atoms in total. The van der Waals surface area contributed by atoms with Crippen molar-refractivity contribution in [2.24, 2.45) is 0 Å². The lowest BCUT2D eigenvalue weighted by molar-refractivity contribution is 0.376. The van der Waals surface area contributed by atoms with Crippen molar-refractivity contribution < 1.29 is 13.2 Å². The molecule has 1 aromatic rings. The molecule has 8 heteroatoms. The molecule has 1 heterocycles. The molecule has 1 aliphatic rings. The lowest BCUT2D eigenvalue weighted by Gasteiger charge is -2.24. The van der Waals surface area contributed by atoms with Crippen LogP contribution in [0.3, 0.4) is 0 Å². The van der Waals surface area contributed by atoms with Crippen molar-refractivity contribution in [3.05, 3.63) is 22.7 Å². The second-order valence-electron chi connectivity index (χ2n) is 4.46. The molecule has 1 atom stereocenters. The normalized spacial score (nSPS) is 18.9. The topological polar surface area (TPSA) is 58.6 Å². The fraction of sp³-hybridized carbons (Fsp3) is 0.500. The number of nitrogens with zero attached hydrogens (tertiary/aromatic N) is 1. The summed E-state index contributed by atoms with van der Waals surface area (Å²) in [6.45, 7) is 1.53. The van der Waals surface area contributed by atoms with E-state index in [2.05, 4.69) is 21.2 Å². The molecule has 0 radical (unpaired) electrons. The molecule has 1 unspecified atom stereocenters. The summed E-state index contributed by atoms with van der Waals surface area (Å²) in [5.74, 6) is 0.362. The monoisotopic (exact) mass is 384 g/mol. The number of likely N-dealkylation sites (N-methyl/N-ethyl adjacent to an activating group) is 1. The van der Waals surface area contributed by atoms with Crippen LogP contribution in [0.4, 0.5) is 0 Å². The maximum absolute atomic E-state index is 12.6. The minimum atomic E-state index is -3.55. The van der Waals surface area contributed by atoms with Crippen molar-refractivity contribution in [3.63, 3.8) is 0 Å². The van der Waals surface area contributed by atoms with Gasteiger partial charge in [0, 0.05) is 24.1 Å². The molecule has 0 saturated carbocycles. The zero-order valence-corrected chi connectivity index (χ0v) is 14.5. The highest BCUT2D eigenvalue weighted by atomic mass is 79.9. The van der Waals surface area contributed by atoms with Gasteiger partial charge in [0.15, 0.2) is 0 Å². The first-order valence-corrected chi connectivity index (χ1v) is 8.22. The van der Waals surface area contributed by atoms with Gasteiger partial charge in [-0.05, 0) is 31.2 Å². The number of halogens is 2. The Labute approximate surface area is 134 Å². The summed E-state index contributed by atoms with van der Waals surface area (Å²) >= 11 is 3.30. The van der Waals surface area contributed by atoms with Crippen LogP contribution in [0.2, 0.25) is 0 Å². The molecule has 1 aromatic carbocycles. The van der Waals surface area contributed by atoms with E-state index in [-0.39, 0.29) is 23.3 Å². The van der Waals surface area contributed by atoms with Gasteiger partial charge in [-0.15, -0.1) is 12.4 Å². The van der Waals surface area contributed by atoms with Gasteiger partial charge in [0.25, 0.3) is 0 Å². The molecule has 0 aliphatic carbocycles. The number of sulfonamides is 1. The van der Waals surface area contributed by atoms with Gasteiger partial charge in [0.1, 0.15) is 10.6 Å². The van der Waals surface area contributed by atoms with E-state index in [9.17, 15) is 8.42 Å². The molecule has 1 fully saturated rings. The molecule has 0 amide bonds. The maximum atomic E-state index is 12.6. The molecular formula is C12H18BrClN2O3S. The molecule has 2 rings (SSSR count). The summed E-state index contributed by atoms with van der Waals surface area (Å²) in [4.78, 5) is 0.193. The summed E-state index contributed by atoms with van der Waals surface area (Å²) in [6, 6.07) is 4.98. The summed E-state index contributed by atoms with van der Waals surface area (Å²) < 4.78 is 32.6. The van der Waals surface area contributed by atoms with E-state index in [0.717, 1.165) is 13.0 Å². The Morgan fingerprint density at radius 2 is 2.15 bits per heavy atom. The number of nitrogens with one attached hydrogen (secondary N) is 1. The molecule has 20 heavy (non-hydrogen) atoms. The van der Waals surface area contributed by atoms with Crippen LogP contribution in [0, 0.1) is 0 Å². The summed E-state index contributed by atoms with van der Waals surface area (Å²) in [7, 11) is -0.459. The summed E-state index contributed by atoms with van der Waals surface area (Å²) in [5, 5.41) is 3.17. The third-order valence-electron chi connectivity index (χ3n) is 3.33. The van der Waals surface area contributed by atoms with Crippen molar-refractivity contribution in [3.8, 4) is 5.75 Å². The smallest absolute Gasteiger partial charge is 0.246 e. The first-order valence-electron chi connectivity index (χ1n) is 5.99. The molecule has 1 N–H and O–H groups in total. The van der Waals surface area contributed by atoms with Crippen LogP contribution in [0.25, 0.3) is 0 Å². The largest absolute Gasteiger partial charge is 0.495 e. The Bertz CT molecular complexity index is 562. The summed E-state index contributed by atoms with van der Waals surface area (Å²) in [5.41, 5.74) is 0. The van der Waals surface area contributed by atoms with Crippen LogP contribution >= 0.6 is 28.3 Å². The molecule has 1 saturated heterocycles. The second kappa shape index (κ2) is 7.09. The Balaban J connectivity index is 0.00000200. The Hall–Kier alpha value is -0.340. The minimum absolute atomic E-state index is 0. The number of rotatable bonds is 4. The van der Waals surface area contributed by atoms with Crippen LogP contribution in [-0.2, 0) is 10.0 Å². The standard InChI is InChI=1S/C12H17BrN2O3S.ClH/c1-15(10-5-6-14-8-10)19(16,17)12-7-9(13)3-4-11(12)18-2;/h3-4,7,10,14H,5-6,8H2,1-2H3;1H. The van der Waals surface area contributed by atoms with E-state index in [0.29, 0.717) is 16.8 Å². The van der Waals surface area contributed by atoms with Gasteiger partial charge >= 0.3 is 0 Å². The van der Waals surface area contributed by atoms with Crippen molar-refractivity contribution >= 4 is 38.4 Å².